The van der Waals surface area contributed by atoms with E-state index in [0.717, 1.165) is 24.1 Å². The summed E-state index contributed by atoms with van der Waals surface area (Å²) in [5.41, 5.74) is 7.76. The molecule has 6 nitrogen and oxygen atoms in total. The average molecular weight is 340 g/mol. The van der Waals surface area contributed by atoms with Crippen molar-refractivity contribution in [2.75, 3.05) is 7.11 Å². The number of rotatable bonds is 4. The van der Waals surface area contributed by atoms with E-state index >= 15 is 0 Å². The van der Waals surface area contributed by atoms with E-state index in [2.05, 4.69) is 4.98 Å². The highest BCUT2D eigenvalue weighted by Crippen LogP contribution is 2.40. The fourth-order valence-corrected chi connectivity index (χ4v) is 3.13. The smallest absolute Gasteiger partial charge is 0.340 e. The predicted octanol–water partition coefficient (Wildman–Crippen LogP) is 2.19. The van der Waals surface area contributed by atoms with Crippen LogP contribution < -0.4 is 16.0 Å². The number of H-pyrrole nitrogens is 1. The lowest BCUT2D eigenvalue weighted by Crippen LogP contribution is -2.32. The number of methoxy groups -OCH3 is 1. The third-order valence-electron chi connectivity index (χ3n) is 4.21. The number of fused-ring (bicyclic) bond motifs is 1. The van der Waals surface area contributed by atoms with Crippen LogP contribution in [0.25, 0.3) is 0 Å². The number of aromatic amines is 1. The van der Waals surface area contributed by atoms with E-state index in [9.17, 15) is 9.59 Å². The normalized spacial score (nSPS) is 16.2. The van der Waals surface area contributed by atoms with Gasteiger partial charge < -0.3 is 20.2 Å². The Labute approximate surface area is 145 Å². The standard InChI is InChI=1S/C19H20N2O4/c1-3-7-12-10-13-15(18(22)21-12)14(11-8-5-4-6-9-11)16(17(20)25-13)19(23)24-2/h4-6,8-10,14H,3,7,20H2,1-2H3,(H,21,22). The summed E-state index contributed by atoms with van der Waals surface area (Å²) in [6.07, 6.45) is 1.60. The van der Waals surface area contributed by atoms with Crippen LogP contribution in [0.1, 0.15) is 36.1 Å². The highest BCUT2D eigenvalue weighted by molar-refractivity contribution is 5.92. The van der Waals surface area contributed by atoms with Crippen molar-refractivity contribution in [3.05, 3.63) is 75.0 Å². The predicted molar refractivity (Wildman–Crippen MR) is 93.2 cm³/mol. The van der Waals surface area contributed by atoms with E-state index in [-0.39, 0.29) is 17.0 Å². The molecule has 25 heavy (non-hydrogen) atoms. The van der Waals surface area contributed by atoms with Crippen LogP contribution in [0.4, 0.5) is 0 Å². The van der Waals surface area contributed by atoms with Gasteiger partial charge in [0.05, 0.1) is 18.6 Å². The fraction of sp³-hybridized carbons (Fsp3) is 0.263. The number of nitrogens with two attached hydrogens (primary N) is 1. The summed E-state index contributed by atoms with van der Waals surface area (Å²) in [7, 11) is 1.27. The van der Waals surface area contributed by atoms with Crippen molar-refractivity contribution < 1.29 is 14.3 Å². The zero-order valence-electron chi connectivity index (χ0n) is 14.2. The van der Waals surface area contributed by atoms with Gasteiger partial charge in [0, 0.05) is 11.8 Å². The molecular weight excluding hydrogens is 320 g/mol. The van der Waals surface area contributed by atoms with Gasteiger partial charge in [0.2, 0.25) is 5.88 Å². The van der Waals surface area contributed by atoms with Crippen molar-refractivity contribution in [2.24, 2.45) is 5.73 Å². The number of aryl methyl sites for hydroxylation is 1. The van der Waals surface area contributed by atoms with Crippen LogP contribution in [0.3, 0.4) is 0 Å². The Morgan fingerprint density at radius 3 is 2.68 bits per heavy atom. The lowest BCUT2D eigenvalue weighted by atomic mass is 9.83. The number of carbonyl (C=O) groups excluding carboxylic acids is 1. The SMILES string of the molecule is CCCc1cc2c(c(=O)[nH]1)C(c1ccccc1)C(C(=O)OC)=C(N)O2. The van der Waals surface area contributed by atoms with E-state index in [0.29, 0.717) is 11.3 Å². The monoisotopic (exact) mass is 340 g/mol. The molecule has 1 aromatic heterocycles. The molecule has 1 aromatic carbocycles. The van der Waals surface area contributed by atoms with Gasteiger partial charge in [-0.3, -0.25) is 4.79 Å². The number of ether oxygens (including phenoxy) is 2. The molecule has 2 aromatic rings. The molecule has 6 heteroatoms. The summed E-state index contributed by atoms with van der Waals surface area (Å²) < 4.78 is 10.5. The molecule has 3 N–H and O–H groups in total. The van der Waals surface area contributed by atoms with Crippen LogP contribution in [0.15, 0.2) is 52.6 Å². The molecule has 130 valence electrons. The molecule has 0 aliphatic carbocycles. The van der Waals surface area contributed by atoms with Gasteiger partial charge in [-0.15, -0.1) is 0 Å². The summed E-state index contributed by atoms with van der Waals surface area (Å²) in [5, 5.41) is 0. The van der Waals surface area contributed by atoms with Gasteiger partial charge in [-0.1, -0.05) is 43.7 Å². The van der Waals surface area contributed by atoms with Crippen molar-refractivity contribution in [3.63, 3.8) is 0 Å². The van der Waals surface area contributed by atoms with Crippen molar-refractivity contribution in [1.29, 1.82) is 0 Å². The number of nitrogens with one attached hydrogen (secondary N) is 1. The molecule has 0 spiro atoms. The summed E-state index contributed by atoms with van der Waals surface area (Å²) in [5.74, 6) is -0.918. The van der Waals surface area contributed by atoms with Gasteiger partial charge in [0.25, 0.3) is 5.56 Å². The molecule has 1 unspecified atom stereocenters. The Morgan fingerprint density at radius 1 is 1.32 bits per heavy atom. The zero-order valence-corrected chi connectivity index (χ0v) is 14.2. The fourth-order valence-electron chi connectivity index (χ4n) is 3.13. The molecule has 0 fully saturated rings. The topological polar surface area (TPSA) is 94.4 Å². The molecule has 0 amide bonds. The minimum Gasteiger partial charge on any atom is -0.465 e. The van der Waals surface area contributed by atoms with Crippen LogP contribution in [0.5, 0.6) is 5.75 Å². The maximum absolute atomic E-state index is 12.8. The number of pyridine rings is 1. The van der Waals surface area contributed by atoms with Gasteiger partial charge >= 0.3 is 5.97 Å². The highest BCUT2D eigenvalue weighted by atomic mass is 16.5. The van der Waals surface area contributed by atoms with E-state index in [1.54, 1.807) is 6.07 Å². The maximum atomic E-state index is 12.8. The molecule has 0 bridgehead atoms. The molecule has 0 saturated heterocycles. The van der Waals surface area contributed by atoms with Crippen LogP contribution >= 0.6 is 0 Å². The molecule has 1 aliphatic rings. The molecule has 3 rings (SSSR count). The second-order valence-corrected chi connectivity index (χ2v) is 5.87. The number of benzene rings is 1. The van der Waals surface area contributed by atoms with Crippen molar-refractivity contribution in [1.82, 2.24) is 4.98 Å². The van der Waals surface area contributed by atoms with Gasteiger partial charge in [0.1, 0.15) is 11.3 Å². The minimum absolute atomic E-state index is 0.0405. The van der Waals surface area contributed by atoms with Gasteiger partial charge in [-0.25, -0.2) is 4.79 Å². The first-order chi connectivity index (χ1) is 12.1. The highest BCUT2D eigenvalue weighted by Gasteiger charge is 2.37. The Kier molecular flexibility index (Phi) is 4.61. The number of hydrogen-bond donors (Lipinski definition) is 2. The van der Waals surface area contributed by atoms with Crippen molar-refractivity contribution in [3.8, 4) is 5.75 Å². The van der Waals surface area contributed by atoms with Crippen LogP contribution in [-0.4, -0.2) is 18.1 Å². The van der Waals surface area contributed by atoms with E-state index in [4.69, 9.17) is 15.2 Å². The molecular formula is C19H20N2O4. The van der Waals surface area contributed by atoms with Crippen molar-refractivity contribution in [2.45, 2.75) is 25.7 Å². The maximum Gasteiger partial charge on any atom is 0.340 e. The molecule has 0 saturated carbocycles. The summed E-state index contributed by atoms with van der Waals surface area (Å²) >= 11 is 0. The number of esters is 1. The largest absolute Gasteiger partial charge is 0.465 e. The molecule has 0 radical (unpaired) electrons. The Bertz CT molecular complexity index is 884. The van der Waals surface area contributed by atoms with Crippen LogP contribution in [0.2, 0.25) is 0 Å². The van der Waals surface area contributed by atoms with E-state index < -0.39 is 11.9 Å². The van der Waals surface area contributed by atoms with Gasteiger partial charge in [-0.2, -0.15) is 0 Å². The molecule has 1 aliphatic heterocycles. The first-order valence-electron chi connectivity index (χ1n) is 8.13. The molecule has 2 heterocycles. The van der Waals surface area contributed by atoms with Crippen LogP contribution in [0, 0.1) is 0 Å². The first-order valence-corrected chi connectivity index (χ1v) is 8.13. The third kappa shape index (κ3) is 3.03. The lowest BCUT2D eigenvalue weighted by Gasteiger charge is -2.27. The Hall–Kier alpha value is -3.02. The summed E-state index contributed by atoms with van der Waals surface area (Å²) in [4.78, 5) is 27.9. The molecule has 1 atom stereocenters. The Morgan fingerprint density at radius 2 is 2.04 bits per heavy atom. The number of hydrogen-bond acceptors (Lipinski definition) is 5. The second kappa shape index (κ2) is 6.84. The second-order valence-electron chi connectivity index (χ2n) is 5.87. The quantitative estimate of drug-likeness (QED) is 0.832. The minimum atomic E-state index is -0.642. The van der Waals surface area contributed by atoms with E-state index in [1.807, 2.05) is 37.3 Å². The first kappa shape index (κ1) is 16.8. The Balaban J connectivity index is 2.25. The average Bonchev–Trinajstić information content (AvgIpc) is 2.61. The third-order valence-corrected chi connectivity index (χ3v) is 4.21. The number of carbonyl (C=O) groups is 1. The van der Waals surface area contributed by atoms with E-state index in [1.165, 1.54) is 7.11 Å². The summed E-state index contributed by atoms with van der Waals surface area (Å²) in [6, 6.07) is 11.0. The zero-order chi connectivity index (χ0) is 18.0. The lowest BCUT2D eigenvalue weighted by molar-refractivity contribution is -0.136. The van der Waals surface area contributed by atoms with Gasteiger partial charge in [-0.05, 0) is 12.0 Å². The van der Waals surface area contributed by atoms with Gasteiger partial charge in [0.15, 0.2) is 0 Å². The summed E-state index contributed by atoms with van der Waals surface area (Å²) in [6.45, 7) is 2.02. The van der Waals surface area contributed by atoms with Crippen LogP contribution in [-0.2, 0) is 16.0 Å². The number of aromatic nitrogens is 1. The van der Waals surface area contributed by atoms with Crippen molar-refractivity contribution >= 4 is 5.97 Å².